The Bertz CT molecular complexity index is 511. The Hall–Kier alpha value is -1.22. The number of hydrogen-bond acceptors (Lipinski definition) is 3. The van der Waals surface area contributed by atoms with Crippen molar-refractivity contribution in [3.63, 3.8) is 0 Å². The van der Waals surface area contributed by atoms with Gasteiger partial charge in [0.2, 0.25) is 0 Å². The molecule has 3 heteroatoms. The van der Waals surface area contributed by atoms with Gasteiger partial charge < -0.3 is 14.5 Å². The quantitative estimate of drug-likeness (QED) is 0.594. The zero-order valence-electron chi connectivity index (χ0n) is 16.1. The molecule has 0 radical (unpaired) electrons. The molecule has 0 saturated carbocycles. The number of methoxy groups -OCH3 is 1. The van der Waals surface area contributed by atoms with E-state index in [9.17, 15) is 0 Å². The van der Waals surface area contributed by atoms with Crippen LogP contribution in [0.25, 0.3) is 0 Å². The van der Waals surface area contributed by atoms with Crippen LogP contribution < -0.4 is 9.64 Å². The number of anilines is 1. The van der Waals surface area contributed by atoms with Crippen molar-refractivity contribution in [2.75, 3.05) is 44.7 Å². The zero-order valence-corrected chi connectivity index (χ0v) is 16.1. The summed E-state index contributed by atoms with van der Waals surface area (Å²) in [6, 6.07) is 6.59. The normalized spacial score (nSPS) is 18.2. The second-order valence-corrected chi connectivity index (χ2v) is 7.76. The van der Waals surface area contributed by atoms with Crippen LogP contribution in [0.4, 0.5) is 5.69 Å². The number of ether oxygens (including phenoxy) is 1. The molecule has 2 aliphatic heterocycles. The molecular formula is C22H36N2O. The van der Waals surface area contributed by atoms with E-state index in [0.29, 0.717) is 0 Å². The standard InChI is InChI=1S/C22H36N2O/c1-25-21-12-13-22-20(19-21)11-10-18-24(22)17-9-4-2-3-6-14-23-15-7-5-8-16-23/h12-13,19H,2-11,14-18H2,1H3. The number of piperidine rings is 1. The third-order valence-corrected chi connectivity index (χ3v) is 5.85. The molecular weight excluding hydrogens is 308 g/mol. The molecule has 0 bridgehead atoms. The van der Waals surface area contributed by atoms with Gasteiger partial charge in [0.1, 0.15) is 5.75 Å². The highest BCUT2D eigenvalue weighted by atomic mass is 16.5. The average molecular weight is 345 g/mol. The first-order valence-corrected chi connectivity index (χ1v) is 10.5. The summed E-state index contributed by atoms with van der Waals surface area (Å²) < 4.78 is 5.37. The fraction of sp³-hybridized carbons (Fsp3) is 0.727. The summed E-state index contributed by atoms with van der Waals surface area (Å²) in [6.07, 6.45) is 13.7. The number of benzene rings is 1. The van der Waals surface area contributed by atoms with Gasteiger partial charge in [0, 0.05) is 18.8 Å². The topological polar surface area (TPSA) is 15.7 Å². The van der Waals surface area contributed by atoms with Gasteiger partial charge in [0.25, 0.3) is 0 Å². The molecule has 1 fully saturated rings. The fourth-order valence-corrected chi connectivity index (χ4v) is 4.36. The Morgan fingerprint density at radius 3 is 2.40 bits per heavy atom. The second kappa shape index (κ2) is 10.1. The highest BCUT2D eigenvalue weighted by Crippen LogP contribution is 2.30. The smallest absolute Gasteiger partial charge is 0.119 e. The molecule has 0 aliphatic carbocycles. The summed E-state index contributed by atoms with van der Waals surface area (Å²) in [6.45, 7) is 6.46. The predicted molar refractivity (Wildman–Crippen MR) is 107 cm³/mol. The molecule has 0 aromatic heterocycles. The summed E-state index contributed by atoms with van der Waals surface area (Å²) >= 11 is 0. The van der Waals surface area contributed by atoms with Gasteiger partial charge in [-0.2, -0.15) is 0 Å². The maximum Gasteiger partial charge on any atom is 0.119 e. The Kier molecular flexibility index (Phi) is 7.47. The van der Waals surface area contributed by atoms with E-state index in [1.807, 2.05) is 0 Å². The lowest BCUT2D eigenvalue weighted by Crippen LogP contribution is -2.30. The molecule has 0 N–H and O–H groups in total. The van der Waals surface area contributed by atoms with Gasteiger partial charge in [-0.1, -0.05) is 25.7 Å². The van der Waals surface area contributed by atoms with Gasteiger partial charge >= 0.3 is 0 Å². The molecule has 3 rings (SSSR count). The van der Waals surface area contributed by atoms with Gasteiger partial charge in [-0.15, -0.1) is 0 Å². The third kappa shape index (κ3) is 5.64. The van der Waals surface area contributed by atoms with Crippen molar-refractivity contribution >= 4 is 5.69 Å². The van der Waals surface area contributed by atoms with E-state index in [4.69, 9.17) is 4.74 Å². The van der Waals surface area contributed by atoms with Crippen LogP contribution in [0.15, 0.2) is 18.2 Å². The van der Waals surface area contributed by atoms with Crippen LogP contribution in [0, 0.1) is 0 Å². The first-order chi connectivity index (χ1) is 12.4. The SMILES string of the molecule is COc1ccc2c(c1)CCCN2CCCCCCCN1CCCCC1. The van der Waals surface area contributed by atoms with E-state index in [2.05, 4.69) is 28.0 Å². The van der Waals surface area contributed by atoms with Gasteiger partial charge in [-0.3, -0.25) is 0 Å². The van der Waals surface area contributed by atoms with E-state index in [-0.39, 0.29) is 0 Å². The number of likely N-dealkylation sites (tertiary alicyclic amines) is 1. The van der Waals surface area contributed by atoms with E-state index in [1.54, 1.807) is 7.11 Å². The minimum Gasteiger partial charge on any atom is -0.497 e. The van der Waals surface area contributed by atoms with Crippen LogP contribution in [-0.4, -0.2) is 44.7 Å². The monoisotopic (exact) mass is 344 g/mol. The molecule has 2 heterocycles. The Morgan fingerprint density at radius 1 is 0.840 bits per heavy atom. The summed E-state index contributed by atoms with van der Waals surface area (Å²) in [5, 5.41) is 0. The fourth-order valence-electron chi connectivity index (χ4n) is 4.36. The van der Waals surface area contributed by atoms with Crippen LogP contribution >= 0.6 is 0 Å². The minimum absolute atomic E-state index is 0.995. The lowest BCUT2D eigenvalue weighted by Gasteiger charge is -2.31. The van der Waals surface area contributed by atoms with Crippen LogP contribution in [0.1, 0.15) is 63.4 Å². The van der Waals surface area contributed by atoms with Crippen molar-refractivity contribution in [2.24, 2.45) is 0 Å². The first-order valence-electron chi connectivity index (χ1n) is 10.5. The van der Waals surface area contributed by atoms with Crippen LogP contribution in [0.5, 0.6) is 5.75 Å². The molecule has 1 saturated heterocycles. The number of hydrogen-bond donors (Lipinski definition) is 0. The summed E-state index contributed by atoms with van der Waals surface area (Å²) in [5.41, 5.74) is 2.91. The zero-order chi connectivity index (χ0) is 17.3. The summed E-state index contributed by atoms with van der Waals surface area (Å²) in [5.74, 6) is 0.995. The Labute approximate surface area is 154 Å². The Morgan fingerprint density at radius 2 is 1.60 bits per heavy atom. The largest absolute Gasteiger partial charge is 0.497 e. The lowest BCUT2D eigenvalue weighted by molar-refractivity contribution is 0.224. The van der Waals surface area contributed by atoms with Crippen molar-refractivity contribution in [3.8, 4) is 5.75 Å². The van der Waals surface area contributed by atoms with Crippen molar-refractivity contribution in [1.29, 1.82) is 0 Å². The molecule has 1 aromatic rings. The summed E-state index contributed by atoms with van der Waals surface area (Å²) in [7, 11) is 1.76. The average Bonchev–Trinajstić information content (AvgIpc) is 2.67. The van der Waals surface area contributed by atoms with Crippen molar-refractivity contribution in [1.82, 2.24) is 4.90 Å². The molecule has 0 amide bonds. The molecule has 0 atom stereocenters. The van der Waals surface area contributed by atoms with E-state index >= 15 is 0 Å². The predicted octanol–water partition coefficient (Wildman–Crippen LogP) is 4.88. The highest BCUT2D eigenvalue weighted by molar-refractivity contribution is 5.58. The highest BCUT2D eigenvalue weighted by Gasteiger charge is 2.16. The van der Waals surface area contributed by atoms with E-state index < -0.39 is 0 Å². The molecule has 140 valence electrons. The molecule has 1 aromatic carbocycles. The van der Waals surface area contributed by atoms with Crippen molar-refractivity contribution < 1.29 is 4.74 Å². The molecule has 0 spiro atoms. The minimum atomic E-state index is 0.995. The second-order valence-electron chi connectivity index (χ2n) is 7.76. The number of rotatable bonds is 9. The molecule has 2 aliphatic rings. The molecule has 0 unspecified atom stereocenters. The number of unbranched alkanes of at least 4 members (excludes halogenated alkanes) is 4. The van der Waals surface area contributed by atoms with E-state index in [0.717, 1.165) is 5.75 Å². The Balaban J connectivity index is 1.30. The molecule has 3 nitrogen and oxygen atoms in total. The van der Waals surface area contributed by atoms with Gasteiger partial charge in [0.15, 0.2) is 0 Å². The van der Waals surface area contributed by atoms with Gasteiger partial charge in [-0.25, -0.2) is 0 Å². The van der Waals surface area contributed by atoms with Crippen molar-refractivity contribution in [2.45, 2.75) is 64.2 Å². The van der Waals surface area contributed by atoms with Crippen LogP contribution in [0.2, 0.25) is 0 Å². The maximum atomic E-state index is 5.37. The summed E-state index contributed by atoms with van der Waals surface area (Å²) in [4.78, 5) is 5.26. The van der Waals surface area contributed by atoms with Gasteiger partial charge in [0.05, 0.1) is 7.11 Å². The lowest BCUT2D eigenvalue weighted by atomic mass is 10.0. The number of fused-ring (bicyclic) bond motifs is 1. The number of nitrogens with zero attached hydrogens (tertiary/aromatic N) is 2. The first kappa shape index (κ1) is 18.6. The van der Waals surface area contributed by atoms with Crippen molar-refractivity contribution in [3.05, 3.63) is 23.8 Å². The third-order valence-electron chi connectivity index (χ3n) is 5.85. The van der Waals surface area contributed by atoms with Crippen LogP contribution in [-0.2, 0) is 6.42 Å². The van der Waals surface area contributed by atoms with E-state index in [1.165, 1.54) is 108 Å². The van der Waals surface area contributed by atoms with Crippen LogP contribution in [0.3, 0.4) is 0 Å². The maximum absolute atomic E-state index is 5.37. The molecule has 25 heavy (non-hydrogen) atoms. The van der Waals surface area contributed by atoms with Gasteiger partial charge in [-0.05, 0) is 81.9 Å². The number of aryl methyl sites for hydroxylation is 1.